The number of carboxylic acids is 1. The van der Waals surface area contributed by atoms with Crippen LogP contribution in [0.15, 0.2) is 16.9 Å². The molecule has 0 aromatic carbocycles. The van der Waals surface area contributed by atoms with E-state index in [4.69, 9.17) is 5.11 Å². The minimum atomic E-state index is -0.817. The minimum absolute atomic E-state index is 0.159. The molecule has 1 aromatic rings. The van der Waals surface area contributed by atoms with E-state index in [1.54, 1.807) is 11.1 Å². The summed E-state index contributed by atoms with van der Waals surface area (Å²) in [6.45, 7) is 2.35. The third-order valence-electron chi connectivity index (χ3n) is 3.75. The van der Waals surface area contributed by atoms with Gasteiger partial charge < -0.3 is 15.3 Å². The van der Waals surface area contributed by atoms with Crippen LogP contribution in [-0.4, -0.2) is 51.4 Å². The van der Waals surface area contributed by atoms with Crippen molar-refractivity contribution in [3.63, 3.8) is 0 Å². The third-order valence-corrected chi connectivity index (χ3v) is 4.16. The Morgan fingerprint density at radius 3 is 2.95 bits per heavy atom. The second kappa shape index (κ2) is 8.17. The summed E-state index contributed by atoms with van der Waals surface area (Å²) < 4.78 is 2.81. The summed E-state index contributed by atoms with van der Waals surface area (Å²) in [5, 5.41) is 16.0. The van der Waals surface area contributed by atoms with Crippen molar-refractivity contribution < 1.29 is 14.7 Å². The van der Waals surface area contributed by atoms with E-state index in [9.17, 15) is 9.59 Å². The molecule has 1 aliphatic rings. The number of likely N-dealkylation sites (tertiary alicyclic amines) is 1. The molecule has 1 fully saturated rings. The van der Waals surface area contributed by atoms with E-state index in [-0.39, 0.29) is 6.03 Å². The molecule has 1 unspecified atom stereocenters. The molecule has 8 heteroatoms. The van der Waals surface area contributed by atoms with Gasteiger partial charge in [-0.25, -0.2) is 4.79 Å². The number of urea groups is 1. The molecule has 22 heavy (non-hydrogen) atoms. The molecular weight excluding hydrogens is 352 g/mol. The number of halogens is 1. The minimum Gasteiger partial charge on any atom is -0.481 e. The van der Waals surface area contributed by atoms with Gasteiger partial charge in [-0.05, 0) is 41.6 Å². The largest absolute Gasteiger partial charge is 0.481 e. The summed E-state index contributed by atoms with van der Waals surface area (Å²) in [5.74, 6) is -1.25. The van der Waals surface area contributed by atoms with Crippen LogP contribution in [0.5, 0.6) is 0 Å². The number of carboxylic acid groups (broad SMARTS) is 1. The number of aliphatic carboxylic acids is 1. The highest BCUT2D eigenvalue weighted by Gasteiger charge is 2.27. The summed E-state index contributed by atoms with van der Waals surface area (Å²) in [6, 6.07) is -0.159. The van der Waals surface area contributed by atoms with Crippen LogP contribution in [0.4, 0.5) is 4.79 Å². The van der Waals surface area contributed by atoms with Crippen LogP contribution in [-0.2, 0) is 11.3 Å². The molecule has 1 aromatic heterocycles. The van der Waals surface area contributed by atoms with Gasteiger partial charge in [0.25, 0.3) is 0 Å². The van der Waals surface area contributed by atoms with E-state index < -0.39 is 11.9 Å². The molecular formula is C14H21BrN4O3. The van der Waals surface area contributed by atoms with Gasteiger partial charge in [0, 0.05) is 32.4 Å². The predicted molar refractivity (Wildman–Crippen MR) is 84.5 cm³/mol. The number of unbranched alkanes of at least 4 members (excludes halogenated alkanes) is 1. The van der Waals surface area contributed by atoms with Crippen LogP contribution in [0, 0.1) is 5.92 Å². The first-order valence-corrected chi connectivity index (χ1v) is 8.29. The summed E-state index contributed by atoms with van der Waals surface area (Å²) in [5.41, 5.74) is 0. The van der Waals surface area contributed by atoms with Crippen molar-refractivity contribution in [3.05, 3.63) is 16.9 Å². The maximum Gasteiger partial charge on any atom is 0.317 e. The van der Waals surface area contributed by atoms with E-state index in [0.717, 1.165) is 30.3 Å². The van der Waals surface area contributed by atoms with E-state index in [1.807, 2.05) is 10.9 Å². The summed E-state index contributed by atoms with van der Waals surface area (Å²) in [4.78, 5) is 24.6. The second-order valence-electron chi connectivity index (χ2n) is 5.48. The van der Waals surface area contributed by atoms with Gasteiger partial charge in [-0.15, -0.1) is 0 Å². The highest BCUT2D eigenvalue weighted by atomic mass is 79.9. The van der Waals surface area contributed by atoms with E-state index in [0.29, 0.717) is 26.1 Å². The Labute approximate surface area is 137 Å². The van der Waals surface area contributed by atoms with Crippen molar-refractivity contribution in [2.75, 3.05) is 19.6 Å². The summed E-state index contributed by atoms with van der Waals surface area (Å²) in [6.07, 6.45) is 6.85. The smallest absolute Gasteiger partial charge is 0.317 e. The number of carbonyl (C=O) groups is 2. The molecule has 1 aliphatic heterocycles. The van der Waals surface area contributed by atoms with Crippen LogP contribution in [0.3, 0.4) is 0 Å². The number of hydrogen-bond acceptors (Lipinski definition) is 3. The zero-order valence-corrected chi connectivity index (χ0v) is 14.0. The Bertz CT molecular complexity index is 520. The molecule has 2 amide bonds. The lowest BCUT2D eigenvalue weighted by Crippen LogP contribution is -2.47. The molecule has 0 aliphatic carbocycles. The molecule has 0 saturated carbocycles. The predicted octanol–water partition coefficient (Wildman–Crippen LogP) is 1.93. The maximum atomic E-state index is 12.0. The molecule has 122 valence electrons. The van der Waals surface area contributed by atoms with Crippen LogP contribution in [0.25, 0.3) is 0 Å². The molecule has 0 bridgehead atoms. The molecule has 0 spiro atoms. The molecule has 0 radical (unpaired) electrons. The highest BCUT2D eigenvalue weighted by molar-refractivity contribution is 9.10. The van der Waals surface area contributed by atoms with Gasteiger partial charge in [0.1, 0.15) is 0 Å². The van der Waals surface area contributed by atoms with E-state index in [1.165, 1.54) is 0 Å². The van der Waals surface area contributed by atoms with E-state index in [2.05, 4.69) is 26.3 Å². The topological polar surface area (TPSA) is 87.5 Å². The number of rotatable bonds is 6. The van der Waals surface area contributed by atoms with Gasteiger partial charge in [-0.1, -0.05) is 0 Å². The van der Waals surface area contributed by atoms with Crippen molar-refractivity contribution in [2.45, 2.75) is 32.2 Å². The Kier molecular flexibility index (Phi) is 6.23. The van der Waals surface area contributed by atoms with Crippen LogP contribution in [0.2, 0.25) is 0 Å². The highest BCUT2D eigenvalue weighted by Crippen LogP contribution is 2.16. The third kappa shape index (κ3) is 5.01. The van der Waals surface area contributed by atoms with Gasteiger partial charge in [-0.2, -0.15) is 5.10 Å². The lowest BCUT2D eigenvalue weighted by atomic mass is 9.99. The number of hydrogen-bond donors (Lipinski definition) is 2. The first-order valence-electron chi connectivity index (χ1n) is 7.50. The Morgan fingerprint density at radius 2 is 2.27 bits per heavy atom. The fourth-order valence-corrected chi connectivity index (χ4v) is 2.86. The number of aromatic nitrogens is 2. The zero-order chi connectivity index (χ0) is 15.9. The van der Waals surface area contributed by atoms with Crippen molar-refractivity contribution >= 4 is 27.9 Å². The van der Waals surface area contributed by atoms with Crippen LogP contribution >= 0.6 is 15.9 Å². The average molecular weight is 373 g/mol. The van der Waals surface area contributed by atoms with Gasteiger partial charge in [0.15, 0.2) is 0 Å². The first kappa shape index (κ1) is 16.8. The molecule has 2 heterocycles. The maximum absolute atomic E-state index is 12.0. The zero-order valence-electron chi connectivity index (χ0n) is 12.4. The van der Waals surface area contributed by atoms with Crippen molar-refractivity contribution in [1.82, 2.24) is 20.0 Å². The number of aryl methyl sites for hydroxylation is 1. The Morgan fingerprint density at radius 1 is 1.45 bits per heavy atom. The van der Waals surface area contributed by atoms with Crippen LogP contribution in [0.1, 0.15) is 25.7 Å². The van der Waals surface area contributed by atoms with Gasteiger partial charge in [-0.3, -0.25) is 9.48 Å². The fourth-order valence-electron chi connectivity index (χ4n) is 2.53. The SMILES string of the molecule is O=C(O)C1CCCN(C(=O)NCCCCn2cc(Br)cn2)C1. The van der Waals surface area contributed by atoms with Crippen LogP contribution < -0.4 is 5.32 Å². The van der Waals surface area contributed by atoms with Crippen molar-refractivity contribution in [3.8, 4) is 0 Å². The van der Waals surface area contributed by atoms with Gasteiger partial charge >= 0.3 is 12.0 Å². The lowest BCUT2D eigenvalue weighted by molar-refractivity contribution is -0.143. The lowest BCUT2D eigenvalue weighted by Gasteiger charge is -2.30. The number of nitrogens with one attached hydrogen (secondary N) is 1. The Hall–Kier alpha value is -1.57. The number of piperidine rings is 1. The molecule has 1 atom stereocenters. The number of carbonyl (C=O) groups excluding carboxylic acids is 1. The summed E-state index contributed by atoms with van der Waals surface area (Å²) in [7, 11) is 0. The van der Waals surface area contributed by atoms with Gasteiger partial charge in [0.2, 0.25) is 0 Å². The second-order valence-corrected chi connectivity index (χ2v) is 6.40. The first-order chi connectivity index (χ1) is 10.6. The number of amides is 2. The van der Waals surface area contributed by atoms with Gasteiger partial charge in [0.05, 0.1) is 16.6 Å². The molecule has 2 N–H and O–H groups in total. The summed E-state index contributed by atoms with van der Waals surface area (Å²) >= 11 is 3.35. The number of nitrogens with zero attached hydrogens (tertiary/aromatic N) is 3. The fraction of sp³-hybridized carbons (Fsp3) is 0.643. The van der Waals surface area contributed by atoms with Crippen molar-refractivity contribution in [1.29, 1.82) is 0 Å². The Balaban J connectivity index is 1.62. The average Bonchev–Trinajstić information content (AvgIpc) is 2.92. The molecule has 1 saturated heterocycles. The molecule has 2 rings (SSSR count). The monoisotopic (exact) mass is 372 g/mol. The normalized spacial score (nSPS) is 18.2. The standard InChI is InChI=1S/C14H21BrN4O3/c15-12-8-17-19(10-12)7-2-1-5-16-14(22)18-6-3-4-11(9-18)13(20)21/h8,10-11H,1-7,9H2,(H,16,22)(H,20,21). The molecule has 7 nitrogen and oxygen atoms in total. The quantitative estimate of drug-likeness (QED) is 0.746. The van der Waals surface area contributed by atoms with Crippen molar-refractivity contribution in [2.24, 2.45) is 5.92 Å². The van der Waals surface area contributed by atoms with E-state index >= 15 is 0 Å².